The monoisotopic (exact) mass is 363 g/mol. The third-order valence-corrected chi connectivity index (χ3v) is 5.40. The van der Waals surface area contributed by atoms with Gasteiger partial charge in [-0.25, -0.2) is 4.79 Å². The molecule has 4 rings (SSSR count). The predicted molar refractivity (Wildman–Crippen MR) is 101 cm³/mol. The highest BCUT2D eigenvalue weighted by Crippen LogP contribution is 2.44. The lowest BCUT2D eigenvalue weighted by molar-refractivity contribution is -0.142. The van der Waals surface area contributed by atoms with Crippen molar-refractivity contribution in [3.05, 3.63) is 71.8 Å². The van der Waals surface area contributed by atoms with Crippen molar-refractivity contribution >= 4 is 12.1 Å². The molecule has 5 heteroatoms. The number of fused-ring (bicyclic) bond motifs is 3. The van der Waals surface area contributed by atoms with Gasteiger partial charge in [0.05, 0.1) is 5.92 Å². The van der Waals surface area contributed by atoms with Gasteiger partial charge in [-0.1, -0.05) is 60.7 Å². The quantitative estimate of drug-likeness (QED) is 0.807. The van der Waals surface area contributed by atoms with E-state index >= 15 is 0 Å². The Bertz CT molecular complexity index is 859. The number of ether oxygens (including phenoxy) is 1. The lowest BCUT2D eigenvalue weighted by Crippen LogP contribution is -2.44. The van der Waals surface area contributed by atoms with E-state index in [1.807, 2.05) is 36.4 Å². The van der Waals surface area contributed by atoms with Crippen molar-refractivity contribution < 1.29 is 19.4 Å². The number of carbonyl (C=O) groups is 2. The van der Waals surface area contributed by atoms with Crippen molar-refractivity contribution in [3.63, 3.8) is 0 Å². The molecule has 2 atom stereocenters. The Labute approximate surface area is 157 Å². The summed E-state index contributed by atoms with van der Waals surface area (Å²) in [5.74, 6) is -1.52. The molecule has 0 heterocycles. The molecular weight excluding hydrogens is 342 g/mol. The van der Waals surface area contributed by atoms with E-state index in [2.05, 4.69) is 29.6 Å². The molecule has 0 saturated heterocycles. The van der Waals surface area contributed by atoms with Crippen LogP contribution >= 0.6 is 0 Å². The molecule has 0 aliphatic heterocycles. The molecule has 0 saturated carbocycles. The number of hydrogen-bond donors (Lipinski definition) is 2. The molecule has 0 bridgehead atoms. The van der Waals surface area contributed by atoms with Gasteiger partial charge in [-0.3, -0.25) is 4.79 Å². The number of carbonyl (C=O) groups excluding carboxylic acids is 1. The fraction of sp³-hybridized carbons (Fsp3) is 0.273. The van der Waals surface area contributed by atoms with Crippen LogP contribution in [0, 0.1) is 5.92 Å². The second kappa shape index (κ2) is 7.27. The zero-order chi connectivity index (χ0) is 18.8. The summed E-state index contributed by atoms with van der Waals surface area (Å²) >= 11 is 0. The van der Waals surface area contributed by atoms with Crippen molar-refractivity contribution in [2.24, 2.45) is 5.92 Å². The fourth-order valence-electron chi connectivity index (χ4n) is 4.04. The van der Waals surface area contributed by atoms with Gasteiger partial charge in [0.25, 0.3) is 0 Å². The second-order valence-electron chi connectivity index (χ2n) is 6.96. The molecule has 5 nitrogen and oxygen atoms in total. The van der Waals surface area contributed by atoms with Crippen LogP contribution in [0.4, 0.5) is 4.79 Å². The Morgan fingerprint density at radius 3 is 2.19 bits per heavy atom. The summed E-state index contributed by atoms with van der Waals surface area (Å²) in [7, 11) is 0. The number of hydrogen-bond acceptors (Lipinski definition) is 3. The van der Waals surface area contributed by atoms with E-state index in [0.717, 1.165) is 11.1 Å². The number of amides is 1. The van der Waals surface area contributed by atoms with Crippen LogP contribution in [0.5, 0.6) is 0 Å². The molecule has 0 spiro atoms. The average Bonchev–Trinajstić information content (AvgIpc) is 3.00. The van der Waals surface area contributed by atoms with Crippen LogP contribution in [-0.4, -0.2) is 29.8 Å². The number of allylic oxidation sites excluding steroid dienone is 1. The van der Waals surface area contributed by atoms with Gasteiger partial charge >= 0.3 is 12.1 Å². The van der Waals surface area contributed by atoms with Crippen LogP contribution in [0.25, 0.3) is 11.1 Å². The molecule has 0 radical (unpaired) electrons. The highest BCUT2D eigenvalue weighted by molar-refractivity contribution is 5.79. The summed E-state index contributed by atoms with van der Waals surface area (Å²) in [6.45, 7) is 0.222. The maximum atomic E-state index is 12.3. The van der Waals surface area contributed by atoms with Crippen LogP contribution in [0.1, 0.15) is 29.9 Å². The minimum Gasteiger partial charge on any atom is -0.481 e. The van der Waals surface area contributed by atoms with Crippen molar-refractivity contribution in [2.75, 3.05) is 6.61 Å². The van der Waals surface area contributed by atoms with Gasteiger partial charge in [0.1, 0.15) is 6.61 Å². The molecule has 2 N–H and O–H groups in total. The number of benzene rings is 2. The first-order valence-corrected chi connectivity index (χ1v) is 9.14. The molecule has 0 fully saturated rings. The first-order valence-electron chi connectivity index (χ1n) is 9.14. The highest BCUT2D eigenvalue weighted by Gasteiger charge is 2.32. The third-order valence-electron chi connectivity index (χ3n) is 5.40. The number of aliphatic carboxylic acids is 1. The minimum atomic E-state index is -0.900. The summed E-state index contributed by atoms with van der Waals surface area (Å²) in [5, 5.41) is 12.0. The number of nitrogens with one attached hydrogen (secondary N) is 1. The smallest absolute Gasteiger partial charge is 0.407 e. The zero-order valence-electron chi connectivity index (χ0n) is 14.8. The van der Waals surface area contributed by atoms with E-state index < -0.39 is 24.0 Å². The molecule has 1 amide bonds. The lowest BCUT2D eigenvalue weighted by Gasteiger charge is -2.26. The third kappa shape index (κ3) is 3.33. The fourth-order valence-corrected chi connectivity index (χ4v) is 4.04. The SMILES string of the molecule is O=C(N[C@H]1CC=CC[C@@H]1C(=O)O)OCC1c2ccccc2-c2ccccc21. The Morgan fingerprint density at radius 2 is 1.56 bits per heavy atom. The summed E-state index contributed by atoms with van der Waals surface area (Å²) in [6.07, 6.45) is 4.09. The maximum absolute atomic E-state index is 12.3. The van der Waals surface area contributed by atoms with Crippen molar-refractivity contribution in [2.45, 2.75) is 24.8 Å². The first-order chi connectivity index (χ1) is 13.1. The molecule has 2 aliphatic carbocycles. The summed E-state index contributed by atoms with van der Waals surface area (Å²) in [5.41, 5.74) is 4.64. The van der Waals surface area contributed by atoms with Crippen molar-refractivity contribution in [1.82, 2.24) is 5.32 Å². The molecular formula is C22H21NO4. The number of alkyl carbamates (subject to hydrolysis) is 1. The minimum absolute atomic E-state index is 0.00956. The summed E-state index contributed by atoms with van der Waals surface area (Å²) in [4.78, 5) is 23.7. The standard InChI is InChI=1S/C22H21NO4/c24-21(25)18-11-5-6-12-20(18)23-22(26)27-13-19-16-9-3-1-7-14(16)15-8-2-4-10-17(15)19/h1-10,18-20H,11-13H2,(H,23,26)(H,24,25)/t18-,20-/m0/s1. The molecule has 0 unspecified atom stereocenters. The average molecular weight is 363 g/mol. The first kappa shape index (κ1) is 17.3. The second-order valence-corrected chi connectivity index (χ2v) is 6.96. The Kier molecular flexibility index (Phi) is 4.67. The number of rotatable bonds is 4. The zero-order valence-corrected chi connectivity index (χ0v) is 14.8. The van der Waals surface area contributed by atoms with E-state index in [1.165, 1.54) is 11.1 Å². The lowest BCUT2D eigenvalue weighted by atomic mass is 9.89. The van der Waals surface area contributed by atoms with Crippen LogP contribution in [0.3, 0.4) is 0 Å². The van der Waals surface area contributed by atoms with E-state index in [0.29, 0.717) is 12.8 Å². The van der Waals surface area contributed by atoms with E-state index in [9.17, 15) is 14.7 Å². The number of carboxylic acids is 1. The summed E-state index contributed by atoms with van der Waals surface area (Å²) in [6, 6.07) is 15.8. The predicted octanol–water partition coefficient (Wildman–Crippen LogP) is 3.94. The highest BCUT2D eigenvalue weighted by atomic mass is 16.5. The Balaban J connectivity index is 1.45. The van der Waals surface area contributed by atoms with Crippen LogP contribution in [0.15, 0.2) is 60.7 Å². The Hall–Kier alpha value is -3.08. The van der Waals surface area contributed by atoms with Crippen LogP contribution in [-0.2, 0) is 9.53 Å². The van der Waals surface area contributed by atoms with Crippen molar-refractivity contribution in [1.29, 1.82) is 0 Å². The molecule has 0 aromatic heterocycles. The normalized spacial score (nSPS) is 20.6. The van der Waals surface area contributed by atoms with E-state index in [4.69, 9.17) is 4.74 Å². The maximum Gasteiger partial charge on any atom is 0.407 e. The van der Waals surface area contributed by atoms with Gasteiger partial charge in [0.15, 0.2) is 0 Å². The Morgan fingerprint density at radius 1 is 0.963 bits per heavy atom. The molecule has 27 heavy (non-hydrogen) atoms. The van der Waals surface area contributed by atoms with Gasteiger partial charge < -0.3 is 15.2 Å². The van der Waals surface area contributed by atoms with Gasteiger partial charge in [0.2, 0.25) is 0 Å². The number of carboxylic acid groups (broad SMARTS) is 1. The van der Waals surface area contributed by atoms with E-state index in [-0.39, 0.29) is 12.5 Å². The van der Waals surface area contributed by atoms with Gasteiger partial charge in [-0.05, 0) is 35.1 Å². The largest absolute Gasteiger partial charge is 0.481 e. The van der Waals surface area contributed by atoms with Crippen LogP contribution < -0.4 is 5.32 Å². The molecule has 2 aromatic carbocycles. The van der Waals surface area contributed by atoms with Gasteiger partial charge in [0, 0.05) is 12.0 Å². The van der Waals surface area contributed by atoms with Gasteiger partial charge in [-0.2, -0.15) is 0 Å². The van der Waals surface area contributed by atoms with Crippen LogP contribution in [0.2, 0.25) is 0 Å². The summed E-state index contributed by atoms with van der Waals surface area (Å²) < 4.78 is 5.50. The topological polar surface area (TPSA) is 75.6 Å². The molecule has 2 aliphatic rings. The van der Waals surface area contributed by atoms with Crippen molar-refractivity contribution in [3.8, 4) is 11.1 Å². The van der Waals surface area contributed by atoms with E-state index in [1.54, 1.807) is 0 Å². The molecule has 2 aromatic rings. The van der Waals surface area contributed by atoms with Gasteiger partial charge in [-0.15, -0.1) is 0 Å². The molecule has 138 valence electrons.